The Morgan fingerprint density at radius 3 is 1.52 bits per heavy atom. The topological polar surface area (TPSA) is 89.5 Å². The molecule has 0 saturated heterocycles. The third-order valence-corrected chi connectivity index (χ3v) is 4.57. The molecule has 0 bridgehead atoms. The summed E-state index contributed by atoms with van der Waals surface area (Å²) >= 11 is 0. The van der Waals surface area contributed by atoms with Crippen molar-refractivity contribution in [3.8, 4) is 0 Å². The van der Waals surface area contributed by atoms with E-state index in [0.717, 1.165) is 12.2 Å². The second kappa shape index (κ2) is 13.0. The maximum absolute atomic E-state index is 10.9. The fraction of sp³-hybridized carbons (Fsp3) is 0.571. The summed E-state index contributed by atoms with van der Waals surface area (Å²) in [5.41, 5.74) is 0. The molecule has 0 aliphatic rings. The van der Waals surface area contributed by atoms with E-state index in [1.807, 2.05) is 0 Å². The Balaban J connectivity index is 3.99. The number of ether oxygens (including phenoxy) is 2. The normalized spacial score (nSPS) is 10.9. The molecule has 0 rings (SSSR count). The molecule has 0 aromatic rings. The second-order valence-electron chi connectivity index (χ2n) is 4.06. The van der Waals surface area contributed by atoms with Gasteiger partial charge in [-0.2, -0.15) is 0 Å². The van der Waals surface area contributed by atoms with Crippen molar-refractivity contribution in [1.29, 1.82) is 0 Å². The van der Waals surface area contributed by atoms with Crippen molar-refractivity contribution in [2.45, 2.75) is 12.8 Å². The van der Waals surface area contributed by atoms with Crippen LogP contribution >= 0.6 is 0 Å². The lowest BCUT2D eigenvalue weighted by Crippen LogP contribution is -2.48. The van der Waals surface area contributed by atoms with Crippen molar-refractivity contribution in [3.05, 3.63) is 25.3 Å². The highest BCUT2D eigenvalue weighted by molar-refractivity contribution is 6.53. The summed E-state index contributed by atoms with van der Waals surface area (Å²) in [4.78, 5) is 21.7. The SMILES string of the molecule is C=CC(=O)OCCCO[Si](OC)(OC)OCCCOC(=O)C=C. The Labute approximate surface area is 137 Å². The molecule has 9 heteroatoms. The summed E-state index contributed by atoms with van der Waals surface area (Å²) in [5.74, 6) is -0.977. The Kier molecular flexibility index (Phi) is 12.1. The molecule has 0 saturated carbocycles. The van der Waals surface area contributed by atoms with Crippen molar-refractivity contribution in [1.82, 2.24) is 0 Å². The first kappa shape index (κ1) is 21.5. The highest BCUT2D eigenvalue weighted by Gasteiger charge is 2.43. The van der Waals surface area contributed by atoms with E-state index >= 15 is 0 Å². The first-order valence-corrected chi connectivity index (χ1v) is 8.63. The van der Waals surface area contributed by atoms with Crippen LogP contribution in [0.2, 0.25) is 0 Å². The van der Waals surface area contributed by atoms with Crippen LogP contribution in [0.15, 0.2) is 25.3 Å². The van der Waals surface area contributed by atoms with Crippen LogP contribution in [0, 0.1) is 0 Å². The van der Waals surface area contributed by atoms with Crippen LogP contribution in [0.1, 0.15) is 12.8 Å². The van der Waals surface area contributed by atoms with Crippen LogP contribution in [0.4, 0.5) is 0 Å². The highest BCUT2D eigenvalue weighted by Crippen LogP contribution is 2.10. The van der Waals surface area contributed by atoms with Gasteiger partial charge in [0.2, 0.25) is 0 Å². The molecule has 0 aliphatic heterocycles. The molecule has 0 spiro atoms. The van der Waals surface area contributed by atoms with Crippen LogP contribution in [-0.4, -0.2) is 61.6 Å². The molecular formula is C14H24O8Si. The lowest BCUT2D eigenvalue weighted by atomic mass is 10.5. The van der Waals surface area contributed by atoms with E-state index in [9.17, 15) is 9.59 Å². The van der Waals surface area contributed by atoms with Crippen molar-refractivity contribution < 1.29 is 36.8 Å². The third-order valence-electron chi connectivity index (χ3n) is 2.46. The minimum absolute atomic E-state index is 0.195. The molecule has 0 heterocycles. The van der Waals surface area contributed by atoms with Gasteiger partial charge in [-0.1, -0.05) is 13.2 Å². The maximum atomic E-state index is 10.9. The molecule has 132 valence electrons. The maximum Gasteiger partial charge on any atom is 0.679 e. The van der Waals surface area contributed by atoms with E-state index in [1.54, 1.807) is 0 Å². The average Bonchev–Trinajstić information content (AvgIpc) is 2.58. The fourth-order valence-electron chi connectivity index (χ4n) is 1.34. The highest BCUT2D eigenvalue weighted by atomic mass is 28.4. The molecule has 0 radical (unpaired) electrons. The number of rotatable bonds is 14. The van der Waals surface area contributed by atoms with Crippen LogP contribution in [0.3, 0.4) is 0 Å². The molecule has 0 aromatic carbocycles. The first-order chi connectivity index (χ1) is 11.0. The predicted molar refractivity (Wildman–Crippen MR) is 83.2 cm³/mol. The van der Waals surface area contributed by atoms with Crippen molar-refractivity contribution in [3.63, 3.8) is 0 Å². The van der Waals surface area contributed by atoms with Gasteiger partial charge in [-0.05, 0) is 0 Å². The van der Waals surface area contributed by atoms with Gasteiger partial charge in [0.15, 0.2) is 0 Å². The van der Waals surface area contributed by atoms with Crippen LogP contribution in [0.5, 0.6) is 0 Å². The monoisotopic (exact) mass is 348 g/mol. The lowest BCUT2D eigenvalue weighted by Gasteiger charge is -2.24. The van der Waals surface area contributed by atoms with E-state index in [-0.39, 0.29) is 26.4 Å². The Hall–Kier alpha value is -1.52. The van der Waals surface area contributed by atoms with Gasteiger partial charge in [0.25, 0.3) is 0 Å². The number of hydrogen-bond donors (Lipinski definition) is 0. The minimum atomic E-state index is -3.24. The molecule has 0 amide bonds. The molecule has 0 atom stereocenters. The molecule has 8 nitrogen and oxygen atoms in total. The van der Waals surface area contributed by atoms with Crippen LogP contribution in [0.25, 0.3) is 0 Å². The molecule has 23 heavy (non-hydrogen) atoms. The summed E-state index contributed by atoms with van der Waals surface area (Å²) in [6.07, 6.45) is 3.10. The zero-order valence-corrected chi connectivity index (χ0v) is 14.6. The lowest BCUT2D eigenvalue weighted by molar-refractivity contribution is -0.138. The molecule has 0 unspecified atom stereocenters. The van der Waals surface area contributed by atoms with Crippen LogP contribution < -0.4 is 0 Å². The van der Waals surface area contributed by atoms with Crippen molar-refractivity contribution >= 4 is 21.0 Å². The van der Waals surface area contributed by atoms with Gasteiger partial charge in [-0.15, -0.1) is 0 Å². The molecular weight excluding hydrogens is 324 g/mol. The molecule has 0 aromatic heterocycles. The zero-order valence-electron chi connectivity index (χ0n) is 13.6. The van der Waals surface area contributed by atoms with Crippen molar-refractivity contribution in [2.75, 3.05) is 40.6 Å². The first-order valence-electron chi connectivity index (χ1n) is 7.00. The standard InChI is InChI=1S/C14H24O8Si/c1-5-13(15)19-9-7-11-21-23(17-3,18-4)22-12-8-10-20-14(16)6-2/h5-6H,1-2,7-12H2,3-4H3. The van der Waals surface area contributed by atoms with Crippen LogP contribution in [-0.2, 0) is 36.8 Å². The van der Waals surface area contributed by atoms with Gasteiger partial charge in [0.05, 0.1) is 13.2 Å². The summed E-state index contributed by atoms with van der Waals surface area (Å²) < 4.78 is 31.1. The zero-order chi connectivity index (χ0) is 17.6. The molecule has 0 fully saturated rings. The van der Waals surface area contributed by atoms with Gasteiger partial charge in [0, 0.05) is 52.4 Å². The summed E-state index contributed by atoms with van der Waals surface area (Å²) in [6.45, 7) is 7.46. The van der Waals surface area contributed by atoms with Gasteiger partial charge in [0.1, 0.15) is 0 Å². The number of carbonyl (C=O) groups is 2. The summed E-state index contributed by atoms with van der Waals surface area (Å²) in [7, 11) is -0.392. The largest absolute Gasteiger partial charge is 0.679 e. The van der Waals surface area contributed by atoms with Gasteiger partial charge in [-0.3, -0.25) is 0 Å². The van der Waals surface area contributed by atoms with Gasteiger partial charge in [-0.25, -0.2) is 9.59 Å². The second-order valence-corrected chi connectivity index (χ2v) is 6.45. The number of esters is 2. The number of hydrogen-bond acceptors (Lipinski definition) is 8. The molecule has 0 aliphatic carbocycles. The Morgan fingerprint density at radius 1 is 0.826 bits per heavy atom. The molecule has 0 N–H and O–H groups in total. The minimum Gasteiger partial charge on any atom is -0.462 e. The van der Waals surface area contributed by atoms with Gasteiger partial charge < -0.3 is 27.2 Å². The average molecular weight is 348 g/mol. The third kappa shape index (κ3) is 9.97. The van der Waals surface area contributed by atoms with Gasteiger partial charge >= 0.3 is 21.0 Å². The van der Waals surface area contributed by atoms with Crippen molar-refractivity contribution in [2.24, 2.45) is 0 Å². The Bertz CT molecular complexity index is 349. The quantitative estimate of drug-likeness (QED) is 0.199. The van der Waals surface area contributed by atoms with E-state index < -0.39 is 21.0 Å². The van der Waals surface area contributed by atoms with E-state index in [1.165, 1.54) is 14.2 Å². The summed E-state index contributed by atoms with van der Waals surface area (Å²) in [6, 6.07) is 0. The smallest absolute Gasteiger partial charge is 0.462 e. The Morgan fingerprint density at radius 2 is 1.22 bits per heavy atom. The predicted octanol–water partition coefficient (Wildman–Crippen LogP) is 0.987. The fourth-order valence-corrected chi connectivity index (χ4v) is 2.85. The van der Waals surface area contributed by atoms with E-state index in [0.29, 0.717) is 12.8 Å². The summed E-state index contributed by atoms with van der Waals surface area (Å²) in [5, 5.41) is 0. The van der Waals surface area contributed by atoms with E-state index in [4.69, 9.17) is 27.2 Å². The van der Waals surface area contributed by atoms with E-state index in [2.05, 4.69) is 13.2 Å². The number of carbonyl (C=O) groups excluding carboxylic acids is 2.